The van der Waals surface area contributed by atoms with E-state index in [9.17, 15) is 0 Å². The van der Waals surface area contributed by atoms with E-state index < -0.39 is 0 Å². The van der Waals surface area contributed by atoms with Gasteiger partial charge in [0.15, 0.2) is 0 Å². The zero-order valence-electron chi connectivity index (χ0n) is 12.8. The number of rotatable bonds is 5. The van der Waals surface area contributed by atoms with Crippen molar-refractivity contribution in [2.24, 2.45) is 5.73 Å². The lowest BCUT2D eigenvalue weighted by Gasteiger charge is -2.29. The highest BCUT2D eigenvalue weighted by Gasteiger charge is 2.20. The molecule has 0 bridgehead atoms. The van der Waals surface area contributed by atoms with E-state index in [2.05, 4.69) is 44.9 Å². The molecule has 1 aromatic heterocycles. The third-order valence-electron chi connectivity index (χ3n) is 3.84. The van der Waals surface area contributed by atoms with Gasteiger partial charge >= 0.3 is 0 Å². The number of hydrogen-bond acceptors (Lipinski definition) is 3. The van der Waals surface area contributed by atoms with Crippen LogP contribution in [0, 0.1) is 20.8 Å². The largest absolute Gasteiger partial charge is 0.472 e. The number of nitrogens with two attached hydrogens (primary N) is 1. The second-order valence-electron chi connectivity index (χ2n) is 5.61. The molecule has 1 atom stereocenters. The molecular weight excluding hydrogens is 248 g/mol. The van der Waals surface area contributed by atoms with Gasteiger partial charge in [0.2, 0.25) is 0 Å². The third-order valence-corrected chi connectivity index (χ3v) is 3.84. The molecule has 0 radical (unpaired) electrons. The second kappa shape index (κ2) is 6.25. The SMILES string of the molecule is Cc1cc(C)c(C(CN)N(C)Cc2ccoc2)c(C)c1. The van der Waals surface area contributed by atoms with Crippen molar-refractivity contribution in [3.8, 4) is 0 Å². The maximum absolute atomic E-state index is 6.05. The van der Waals surface area contributed by atoms with Crippen molar-refractivity contribution in [3.63, 3.8) is 0 Å². The summed E-state index contributed by atoms with van der Waals surface area (Å²) in [5.74, 6) is 0. The highest BCUT2D eigenvalue weighted by atomic mass is 16.3. The average Bonchev–Trinajstić information content (AvgIpc) is 2.86. The van der Waals surface area contributed by atoms with Crippen molar-refractivity contribution in [2.75, 3.05) is 13.6 Å². The van der Waals surface area contributed by atoms with Crippen LogP contribution in [-0.4, -0.2) is 18.5 Å². The van der Waals surface area contributed by atoms with E-state index in [1.807, 2.05) is 6.07 Å². The molecule has 3 heteroatoms. The quantitative estimate of drug-likeness (QED) is 0.907. The highest BCUT2D eigenvalue weighted by molar-refractivity contribution is 5.40. The third kappa shape index (κ3) is 3.11. The fourth-order valence-corrected chi connectivity index (χ4v) is 3.02. The summed E-state index contributed by atoms with van der Waals surface area (Å²) in [6.07, 6.45) is 3.50. The summed E-state index contributed by atoms with van der Waals surface area (Å²) in [5.41, 5.74) is 12.5. The van der Waals surface area contributed by atoms with Crippen LogP contribution in [0.3, 0.4) is 0 Å². The lowest BCUT2D eigenvalue weighted by Crippen LogP contribution is -2.31. The van der Waals surface area contributed by atoms with Gasteiger partial charge in [0.25, 0.3) is 0 Å². The predicted octanol–water partition coefficient (Wildman–Crippen LogP) is 3.34. The maximum Gasteiger partial charge on any atom is 0.0947 e. The molecule has 1 aromatic carbocycles. The van der Waals surface area contributed by atoms with Crippen LogP contribution in [0.1, 0.15) is 33.9 Å². The van der Waals surface area contributed by atoms with Crippen LogP contribution in [-0.2, 0) is 6.54 Å². The van der Waals surface area contributed by atoms with Crippen molar-refractivity contribution < 1.29 is 4.42 Å². The molecule has 0 amide bonds. The van der Waals surface area contributed by atoms with Gasteiger partial charge in [-0.1, -0.05) is 17.7 Å². The fraction of sp³-hybridized carbons (Fsp3) is 0.412. The molecule has 20 heavy (non-hydrogen) atoms. The van der Waals surface area contributed by atoms with Crippen molar-refractivity contribution in [1.29, 1.82) is 0 Å². The molecule has 0 saturated carbocycles. The molecule has 108 valence electrons. The summed E-state index contributed by atoms with van der Waals surface area (Å²) < 4.78 is 5.14. The summed E-state index contributed by atoms with van der Waals surface area (Å²) in [7, 11) is 2.11. The van der Waals surface area contributed by atoms with E-state index >= 15 is 0 Å². The molecule has 3 nitrogen and oxygen atoms in total. The topological polar surface area (TPSA) is 42.4 Å². The van der Waals surface area contributed by atoms with Gasteiger partial charge in [0, 0.05) is 24.7 Å². The molecule has 0 fully saturated rings. The van der Waals surface area contributed by atoms with Crippen LogP contribution >= 0.6 is 0 Å². The Labute approximate surface area is 121 Å². The summed E-state index contributed by atoms with van der Waals surface area (Å²) in [6.45, 7) is 7.92. The molecular formula is C17H24N2O. The first-order chi connectivity index (χ1) is 9.52. The minimum absolute atomic E-state index is 0.227. The Morgan fingerprint density at radius 2 is 1.85 bits per heavy atom. The normalized spacial score (nSPS) is 12.9. The van der Waals surface area contributed by atoms with E-state index in [0.717, 1.165) is 6.54 Å². The van der Waals surface area contributed by atoms with Gasteiger partial charge in [-0.3, -0.25) is 4.90 Å². The zero-order valence-corrected chi connectivity index (χ0v) is 12.8. The average molecular weight is 272 g/mol. The zero-order chi connectivity index (χ0) is 14.7. The number of benzene rings is 1. The molecule has 1 unspecified atom stereocenters. The van der Waals surface area contributed by atoms with Crippen molar-refractivity contribution in [1.82, 2.24) is 4.90 Å². The molecule has 2 aromatic rings. The van der Waals surface area contributed by atoms with Crippen LogP contribution in [0.2, 0.25) is 0 Å². The van der Waals surface area contributed by atoms with Crippen LogP contribution in [0.25, 0.3) is 0 Å². The molecule has 0 aliphatic heterocycles. The predicted molar refractivity (Wildman–Crippen MR) is 82.6 cm³/mol. The minimum Gasteiger partial charge on any atom is -0.472 e. The Bertz CT molecular complexity index is 537. The number of furan rings is 1. The number of aryl methyl sites for hydroxylation is 3. The lowest BCUT2D eigenvalue weighted by atomic mass is 9.93. The Kier molecular flexibility index (Phi) is 4.63. The summed E-state index contributed by atoms with van der Waals surface area (Å²) >= 11 is 0. The first-order valence-electron chi connectivity index (χ1n) is 7.02. The monoisotopic (exact) mass is 272 g/mol. The van der Waals surface area contributed by atoms with Crippen LogP contribution in [0.15, 0.2) is 35.1 Å². The van der Waals surface area contributed by atoms with Crippen molar-refractivity contribution >= 4 is 0 Å². The maximum atomic E-state index is 6.05. The smallest absolute Gasteiger partial charge is 0.0947 e. The molecule has 0 aliphatic carbocycles. The first-order valence-corrected chi connectivity index (χ1v) is 7.02. The van der Waals surface area contributed by atoms with Crippen molar-refractivity contribution in [2.45, 2.75) is 33.4 Å². The van der Waals surface area contributed by atoms with Crippen LogP contribution in [0.4, 0.5) is 0 Å². The number of likely N-dealkylation sites (N-methyl/N-ethyl adjacent to an activating group) is 1. The summed E-state index contributed by atoms with van der Waals surface area (Å²) in [5, 5.41) is 0. The molecule has 0 spiro atoms. The standard InChI is InChI=1S/C17H24N2O/c1-12-7-13(2)17(14(3)8-12)16(9-18)19(4)10-15-5-6-20-11-15/h5-8,11,16H,9-10,18H2,1-4H3. The lowest BCUT2D eigenvalue weighted by molar-refractivity contribution is 0.239. The van der Waals surface area contributed by atoms with Gasteiger partial charge in [-0.05, 0) is 50.6 Å². The Morgan fingerprint density at radius 1 is 1.20 bits per heavy atom. The van der Waals surface area contributed by atoms with Gasteiger partial charge < -0.3 is 10.2 Å². The molecule has 1 heterocycles. The number of nitrogens with zero attached hydrogens (tertiary/aromatic N) is 1. The van der Waals surface area contributed by atoms with Gasteiger partial charge in [-0.15, -0.1) is 0 Å². The molecule has 2 N–H and O–H groups in total. The van der Waals surface area contributed by atoms with E-state index in [1.54, 1.807) is 12.5 Å². The molecule has 0 saturated heterocycles. The Morgan fingerprint density at radius 3 is 2.35 bits per heavy atom. The van der Waals surface area contributed by atoms with Gasteiger partial charge in [0.1, 0.15) is 0 Å². The first kappa shape index (κ1) is 14.8. The second-order valence-corrected chi connectivity index (χ2v) is 5.61. The van der Waals surface area contributed by atoms with Gasteiger partial charge in [0.05, 0.1) is 12.5 Å². The van der Waals surface area contributed by atoms with E-state index in [1.165, 1.54) is 27.8 Å². The van der Waals surface area contributed by atoms with E-state index in [4.69, 9.17) is 10.2 Å². The van der Waals surface area contributed by atoms with Gasteiger partial charge in [-0.25, -0.2) is 0 Å². The number of hydrogen-bond donors (Lipinski definition) is 1. The summed E-state index contributed by atoms with van der Waals surface area (Å²) in [4.78, 5) is 2.29. The molecule has 2 rings (SSSR count). The highest BCUT2D eigenvalue weighted by Crippen LogP contribution is 2.27. The van der Waals surface area contributed by atoms with Crippen LogP contribution in [0.5, 0.6) is 0 Å². The summed E-state index contributed by atoms with van der Waals surface area (Å²) in [6, 6.07) is 6.69. The fourth-order valence-electron chi connectivity index (χ4n) is 3.02. The van der Waals surface area contributed by atoms with Crippen molar-refractivity contribution in [3.05, 3.63) is 58.5 Å². The Hall–Kier alpha value is -1.58. The Balaban J connectivity index is 2.28. The molecule has 0 aliphatic rings. The van der Waals surface area contributed by atoms with E-state index in [-0.39, 0.29) is 6.04 Å². The van der Waals surface area contributed by atoms with Crippen LogP contribution < -0.4 is 5.73 Å². The minimum atomic E-state index is 0.227. The van der Waals surface area contributed by atoms with E-state index in [0.29, 0.717) is 6.54 Å². The van der Waals surface area contributed by atoms with Gasteiger partial charge in [-0.2, -0.15) is 0 Å².